The maximum Gasteiger partial charge on any atom is 0.169 e. The van der Waals surface area contributed by atoms with Crippen LogP contribution in [0.1, 0.15) is 24.0 Å². The molecule has 16 heavy (non-hydrogen) atoms. The summed E-state index contributed by atoms with van der Waals surface area (Å²) in [5, 5.41) is 4.21. The average molecular weight is 234 g/mol. The highest BCUT2D eigenvalue weighted by molar-refractivity contribution is 7.80. The van der Waals surface area contributed by atoms with Gasteiger partial charge in [-0.15, -0.1) is 0 Å². The highest BCUT2D eigenvalue weighted by atomic mass is 32.1. The lowest BCUT2D eigenvalue weighted by Gasteiger charge is -2.21. The van der Waals surface area contributed by atoms with E-state index in [1.807, 2.05) is 7.05 Å². The van der Waals surface area contributed by atoms with E-state index in [-0.39, 0.29) is 0 Å². The summed E-state index contributed by atoms with van der Waals surface area (Å²) in [6, 6.07) is 9.23. The van der Waals surface area contributed by atoms with Gasteiger partial charge in [0.05, 0.1) is 0 Å². The number of nitrogens with one attached hydrogen (secondary N) is 1. The minimum absolute atomic E-state index is 0.632. The largest absolute Gasteiger partial charge is 0.360 e. The monoisotopic (exact) mass is 234 g/mol. The third kappa shape index (κ3) is 3.20. The van der Waals surface area contributed by atoms with Crippen molar-refractivity contribution in [3.63, 3.8) is 0 Å². The van der Waals surface area contributed by atoms with Crippen LogP contribution < -0.4 is 5.32 Å². The Morgan fingerprint density at radius 3 is 2.56 bits per heavy atom. The quantitative estimate of drug-likeness (QED) is 0.809. The van der Waals surface area contributed by atoms with Crippen LogP contribution in [-0.4, -0.2) is 23.1 Å². The molecule has 0 aliphatic heterocycles. The van der Waals surface area contributed by atoms with E-state index in [0.29, 0.717) is 6.04 Å². The molecule has 0 bridgehead atoms. The lowest BCUT2D eigenvalue weighted by Crippen LogP contribution is -2.37. The Labute approximate surface area is 103 Å². The molecule has 2 nitrogen and oxygen atoms in total. The van der Waals surface area contributed by atoms with Gasteiger partial charge in [-0.1, -0.05) is 29.8 Å². The van der Waals surface area contributed by atoms with Crippen LogP contribution in [0.25, 0.3) is 0 Å². The Morgan fingerprint density at radius 2 is 2.00 bits per heavy atom. The zero-order valence-electron chi connectivity index (χ0n) is 9.86. The molecule has 0 atom stereocenters. The molecule has 1 aliphatic rings. The summed E-state index contributed by atoms with van der Waals surface area (Å²) < 4.78 is 0. The molecule has 0 aromatic heterocycles. The summed E-state index contributed by atoms with van der Waals surface area (Å²) >= 11 is 5.33. The fraction of sp³-hybridized carbons (Fsp3) is 0.462. The zero-order chi connectivity index (χ0) is 11.5. The summed E-state index contributed by atoms with van der Waals surface area (Å²) in [5.41, 5.74) is 2.60. The van der Waals surface area contributed by atoms with Crippen molar-refractivity contribution in [3.8, 4) is 0 Å². The second-order valence-electron chi connectivity index (χ2n) is 4.57. The smallest absolute Gasteiger partial charge is 0.169 e. The Hall–Kier alpha value is -1.09. The molecule has 1 saturated carbocycles. The number of hydrogen-bond acceptors (Lipinski definition) is 1. The first-order valence-corrected chi connectivity index (χ1v) is 6.13. The van der Waals surface area contributed by atoms with E-state index >= 15 is 0 Å². The van der Waals surface area contributed by atoms with Gasteiger partial charge in [0.1, 0.15) is 0 Å². The SMILES string of the molecule is Cc1ccc(CN(C)C(=S)NC2CC2)cc1. The van der Waals surface area contributed by atoms with Gasteiger partial charge in [-0.2, -0.15) is 0 Å². The number of benzene rings is 1. The fourth-order valence-corrected chi connectivity index (χ4v) is 1.78. The average Bonchev–Trinajstić information content (AvgIpc) is 3.05. The maximum absolute atomic E-state index is 5.33. The Balaban J connectivity index is 1.87. The van der Waals surface area contributed by atoms with Crippen molar-refractivity contribution in [1.82, 2.24) is 10.2 Å². The normalized spacial score (nSPS) is 14.6. The minimum atomic E-state index is 0.632. The van der Waals surface area contributed by atoms with Crippen LogP contribution in [0.5, 0.6) is 0 Å². The van der Waals surface area contributed by atoms with Crippen LogP contribution in [0, 0.1) is 6.92 Å². The minimum Gasteiger partial charge on any atom is -0.360 e. The van der Waals surface area contributed by atoms with Crippen LogP contribution in [0.15, 0.2) is 24.3 Å². The standard InChI is InChI=1S/C13H18N2S/c1-10-3-5-11(6-4-10)9-15(2)13(16)14-12-7-8-12/h3-6,12H,7-9H2,1-2H3,(H,14,16). The second kappa shape index (κ2) is 4.83. The molecular formula is C13H18N2S. The maximum atomic E-state index is 5.33. The summed E-state index contributed by atoms with van der Waals surface area (Å²) in [4.78, 5) is 2.10. The van der Waals surface area contributed by atoms with Crippen LogP contribution in [-0.2, 0) is 6.54 Å². The van der Waals surface area contributed by atoms with E-state index in [0.717, 1.165) is 11.7 Å². The van der Waals surface area contributed by atoms with Gasteiger partial charge in [0.2, 0.25) is 0 Å². The number of nitrogens with zero attached hydrogens (tertiary/aromatic N) is 1. The summed E-state index contributed by atoms with van der Waals surface area (Å²) in [6.07, 6.45) is 2.52. The molecule has 1 fully saturated rings. The number of hydrogen-bond donors (Lipinski definition) is 1. The lowest BCUT2D eigenvalue weighted by atomic mass is 10.1. The molecule has 1 aromatic carbocycles. The molecule has 3 heteroatoms. The van der Waals surface area contributed by atoms with E-state index in [1.54, 1.807) is 0 Å². The van der Waals surface area contributed by atoms with Crippen LogP contribution in [0.3, 0.4) is 0 Å². The van der Waals surface area contributed by atoms with E-state index < -0.39 is 0 Å². The lowest BCUT2D eigenvalue weighted by molar-refractivity contribution is 0.488. The Morgan fingerprint density at radius 1 is 1.38 bits per heavy atom. The van der Waals surface area contributed by atoms with Gasteiger partial charge in [0.15, 0.2) is 5.11 Å². The number of aryl methyl sites for hydroxylation is 1. The van der Waals surface area contributed by atoms with Gasteiger partial charge in [-0.05, 0) is 37.5 Å². The van der Waals surface area contributed by atoms with Crippen LogP contribution >= 0.6 is 12.2 Å². The molecule has 0 saturated heterocycles. The Kier molecular flexibility index (Phi) is 3.44. The molecule has 0 radical (unpaired) electrons. The van der Waals surface area contributed by atoms with Crippen molar-refractivity contribution in [3.05, 3.63) is 35.4 Å². The molecule has 1 aliphatic carbocycles. The molecule has 2 rings (SSSR count). The first-order chi connectivity index (χ1) is 7.65. The van der Waals surface area contributed by atoms with Gasteiger partial charge in [0, 0.05) is 19.6 Å². The topological polar surface area (TPSA) is 15.3 Å². The van der Waals surface area contributed by atoms with Crippen molar-refractivity contribution in [2.75, 3.05) is 7.05 Å². The summed E-state index contributed by atoms with van der Waals surface area (Å²) in [6.45, 7) is 2.98. The van der Waals surface area contributed by atoms with Gasteiger partial charge in [-0.3, -0.25) is 0 Å². The van der Waals surface area contributed by atoms with E-state index in [1.165, 1.54) is 24.0 Å². The highest BCUT2D eigenvalue weighted by Gasteiger charge is 2.22. The summed E-state index contributed by atoms with van der Waals surface area (Å²) in [7, 11) is 2.04. The number of rotatable bonds is 3. The predicted molar refractivity (Wildman–Crippen MR) is 71.4 cm³/mol. The van der Waals surface area contributed by atoms with Crippen molar-refractivity contribution in [2.24, 2.45) is 0 Å². The van der Waals surface area contributed by atoms with Crippen LogP contribution in [0.2, 0.25) is 0 Å². The first kappa shape index (κ1) is 11.4. The van der Waals surface area contributed by atoms with Crippen molar-refractivity contribution in [1.29, 1.82) is 0 Å². The molecule has 0 spiro atoms. The van der Waals surface area contributed by atoms with Gasteiger partial charge >= 0.3 is 0 Å². The van der Waals surface area contributed by atoms with Crippen LogP contribution in [0.4, 0.5) is 0 Å². The van der Waals surface area contributed by atoms with E-state index in [4.69, 9.17) is 12.2 Å². The molecule has 0 unspecified atom stereocenters. The molecule has 0 amide bonds. The van der Waals surface area contributed by atoms with Crippen molar-refractivity contribution < 1.29 is 0 Å². The van der Waals surface area contributed by atoms with Crippen molar-refractivity contribution in [2.45, 2.75) is 32.4 Å². The third-order valence-corrected chi connectivity index (χ3v) is 3.22. The summed E-state index contributed by atoms with van der Waals surface area (Å²) in [5.74, 6) is 0. The van der Waals surface area contributed by atoms with E-state index in [2.05, 4.69) is 41.4 Å². The predicted octanol–water partition coefficient (Wildman–Crippen LogP) is 2.46. The molecular weight excluding hydrogens is 216 g/mol. The zero-order valence-corrected chi connectivity index (χ0v) is 10.7. The first-order valence-electron chi connectivity index (χ1n) is 5.72. The molecule has 0 heterocycles. The highest BCUT2D eigenvalue weighted by Crippen LogP contribution is 2.19. The molecule has 1 N–H and O–H groups in total. The third-order valence-electron chi connectivity index (χ3n) is 2.79. The second-order valence-corrected chi connectivity index (χ2v) is 4.95. The van der Waals surface area contributed by atoms with Gasteiger partial charge in [0.25, 0.3) is 0 Å². The Bertz CT molecular complexity index is 368. The van der Waals surface area contributed by atoms with Gasteiger partial charge < -0.3 is 10.2 Å². The molecule has 1 aromatic rings. The fourth-order valence-electron chi connectivity index (χ4n) is 1.55. The molecule has 86 valence electrons. The van der Waals surface area contributed by atoms with Gasteiger partial charge in [-0.25, -0.2) is 0 Å². The van der Waals surface area contributed by atoms with E-state index in [9.17, 15) is 0 Å². The van der Waals surface area contributed by atoms with Crippen molar-refractivity contribution >= 4 is 17.3 Å². The number of thiocarbonyl (C=S) groups is 1.